The van der Waals surface area contributed by atoms with Crippen LogP contribution >= 0.6 is 0 Å². The highest BCUT2D eigenvalue weighted by Gasteiger charge is 2.09. The molecule has 21 heavy (non-hydrogen) atoms. The van der Waals surface area contributed by atoms with E-state index < -0.39 is 0 Å². The minimum atomic E-state index is -0.300. The number of benzene rings is 2. The number of hydrogen-bond acceptors (Lipinski definition) is 3. The van der Waals surface area contributed by atoms with Crippen molar-refractivity contribution >= 4 is 5.69 Å². The molecule has 0 amide bonds. The molecule has 3 rings (SSSR count). The van der Waals surface area contributed by atoms with Gasteiger partial charge in [-0.3, -0.25) is 0 Å². The van der Waals surface area contributed by atoms with Crippen molar-refractivity contribution in [3.8, 4) is 23.0 Å². The highest BCUT2D eigenvalue weighted by molar-refractivity contribution is 5.72. The molecule has 0 spiro atoms. The second kappa shape index (κ2) is 5.10. The molecule has 0 unspecified atom stereocenters. The fourth-order valence-electron chi connectivity index (χ4n) is 2.04. The molecule has 0 aliphatic heterocycles. The maximum atomic E-state index is 12.9. The Bertz CT molecular complexity index is 811. The smallest absolute Gasteiger partial charge is 0.123 e. The van der Waals surface area contributed by atoms with Crippen LogP contribution in [-0.2, 0) is 0 Å². The number of nitriles is 1. The average molecular weight is 278 g/mol. The van der Waals surface area contributed by atoms with Crippen LogP contribution < -0.4 is 5.73 Å². The summed E-state index contributed by atoms with van der Waals surface area (Å²) < 4.78 is 14.5. The Kier molecular flexibility index (Phi) is 3.13. The van der Waals surface area contributed by atoms with Gasteiger partial charge in [0.25, 0.3) is 0 Å². The molecule has 5 heteroatoms. The Morgan fingerprint density at radius 3 is 2.33 bits per heavy atom. The lowest BCUT2D eigenvalue weighted by Gasteiger charge is -2.00. The first-order valence-corrected chi connectivity index (χ1v) is 6.29. The Morgan fingerprint density at radius 1 is 1.05 bits per heavy atom. The van der Waals surface area contributed by atoms with Crippen LogP contribution in [0.15, 0.2) is 54.7 Å². The van der Waals surface area contributed by atoms with Crippen molar-refractivity contribution in [1.82, 2.24) is 9.78 Å². The van der Waals surface area contributed by atoms with E-state index in [1.807, 2.05) is 0 Å². The topological polar surface area (TPSA) is 67.6 Å². The van der Waals surface area contributed by atoms with Crippen LogP contribution in [-0.4, -0.2) is 9.78 Å². The van der Waals surface area contributed by atoms with Gasteiger partial charge >= 0.3 is 0 Å². The van der Waals surface area contributed by atoms with E-state index in [2.05, 4.69) is 11.2 Å². The summed E-state index contributed by atoms with van der Waals surface area (Å²) in [5.41, 5.74) is 9.27. The number of nitrogens with zero attached hydrogens (tertiary/aromatic N) is 3. The van der Waals surface area contributed by atoms with Gasteiger partial charge in [0.1, 0.15) is 11.5 Å². The summed E-state index contributed by atoms with van der Waals surface area (Å²) >= 11 is 0. The molecule has 0 atom stereocenters. The third kappa shape index (κ3) is 2.47. The van der Waals surface area contributed by atoms with Crippen molar-refractivity contribution in [2.45, 2.75) is 0 Å². The normalized spacial score (nSPS) is 10.3. The summed E-state index contributed by atoms with van der Waals surface area (Å²) in [6.45, 7) is 0. The molecule has 1 aromatic heterocycles. The zero-order chi connectivity index (χ0) is 14.8. The number of nitrogens with two attached hydrogens (primary N) is 1. The van der Waals surface area contributed by atoms with E-state index in [0.29, 0.717) is 16.9 Å². The average Bonchev–Trinajstić information content (AvgIpc) is 2.90. The summed E-state index contributed by atoms with van der Waals surface area (Å²) in [5, 5.41) is 13.2. The van der Waals surface area contributed by atoms with Gasteiger partial charge in [0, 0.05) is 5.56 Å². The molecule has 3 aromatic rings. The quantitative estimate of drug-likeness (QED) is 0.783. The first kappa shape index (κ1) is 12.9. The summed E-state index contributed by atoms with van der Waals surface area (Å²) in [4.78, 5) is 0. The summed E-state index contributed by atoms with van der Waals surface area (Å²) in [6.07, 6.45) is 1.68. The monoisotopic (exact) mass is 278 g/mol. The number of hydrogen-bond donors (Lipinski definition) is 1. The lowest BCUT2D eigenvalue weighted by Crippen LogP contribution is -1.94. The van der Waals surface area contributed by atoms with E-state index in [1.165, 1.54) is 12.1 Å². The van der Waals surface area contributed by atoms with Crippen molar-refractivity contribution in [2.24, 2.45) is 0 Å². The molecular weight excluding hydrogens is 267 g/mol. The number of aromatic nitrogens is 2. The minimum Gasteiger partial charge on any atom is -0.396 e. The van der Waals surface area contributed by atoms with Gasteiger partial charge in [0.15, 0.2) is 0 Å². The molecule has 0 aliphatic rings. The maximum Gasteiger partial charge on any atom is 0.123 e. The number of rotatable bonds is 2. The number of nitrogen functional groups attached to an aromatic ring is 1. The van der Waals surface area contributed by atoms with Gasteiger partial charge in [0.05, 0.1) is 29.2 Å². The van der Waals surface area contributed by atoms with Gasteiger partial charge < -0.3 is 5.73 Å². The van der Waals surface area contributed by atoms with E-state index in [-0.39, 0.29) is 5.82 Å². The molecular formula is C16H11FN4. The van der Waals surface area contributed by atoms with Gasteiger partial charge in [-0.05, 0) is 36.4 Å². The van der Waals surface area contributed by atoms with E-state index in [9.17, 15) is 4.39 Å². The third-order valence-electron chi connectivity index (χ3n) is 3.12. The van der Waals surface area contributed by atoms with Gasteiger partial charge in [0.2, 0.25) is 0 Å². The molecule has 2 aromatic carbocycles. The van der Waals surface area contributed by atoms with Gasteiger partial charge in [-0.1, -0.05) is 12.1 Å². The predicted octanol–water partition coefficient (Wildman–Crippen LogP) is 3.13. The lowest BCUT2D eigenvalue weighted by molar-refractivity contribution is 0.627. The molecule has 102 valence electrons. The molecule has 2 N–H and O–H groups in total. The molecule has 4 nitrogen and oxygen atoms in total. The van der Waals surface area contributed by atoms with Crippen molar-refractivity contribution in [1.29, 1.82) is 5.26 Å². The van der Waals surface area contributed by atoms with Crippen LogP contribution in [0.2, 0.25) is 0 Å². The number of anilines is 1. The first-order chi connectivity index (χ1) is 10.2. The molecule has 0 saturated heterocycles. The molecule has 1 heterocycles. The SMILES string of the molecule is N#Cc1ccc(-c2nn(-c3ccc(F)cc3)cc2N)cc1. The van der Waals surface area contributed by atoms with Crippen LogP contribution in [0, 0.1) is 17.1 Å². The second-order valence-electron chi connectivity index (χ2n) is 4.54. The molecule has 0 bridgehead atoms. The number of halogens is 1. The zero-order valence-electron chi connectivity index (χ0n) is 11.0. The summed E-state index contributed by atoms with van der Waals surface area (Å²) in [5.74, 6) is -0.300. The van der Waals surface area contributed by atoms with Crippen molar-refractivity contribution < 1.29 is 4.39 Å². The Labute approximate surface area is 120 Å². The van der Waals surface area contributed by atoms with Crippen molar-refractivity contribution in [3.63, 3.8) is 0 Å². The standard InChI is InChI=1S/C16H11FN4/c17-13-5-7-14(8-6-13)21-10-15(19)16(20-21)12-3-1-11(9-18)2-4-12/h1-8,10H,19H2. The maximum absolute atomic E-state index is 12.9. The van der Waals surface area contributed by atoms with Crippen molar-refractivity contribution in [3.05, 3.63) is 66.1 Å². The molecule has 0 radical (unpaired) electrons. The van der Waals surface area contributed by atoms with Crippen LogP contribution in [0.5, 0.6) is 0 Å². The van der Waals surface area contributed by atoms with Gasteiger partial charge in [-0.15, -0.1) is 0 Å². The van der Waals surface area contributed by atoms with Crippen LogP contribution in [0.4, 0.5) is 10.1 Å². The van der Waals surface area contributed by atoms with Crippen molar-refractivity contribution in [2.75, 3.05) is 5.73 Å². The highest BCUT2D eigenvalue weighted by atomic mass is 19.1. The predicted molar refractivity (Wildman–Crippen MR) is 78.1 cm³/mol. The largest absolute Gasteiger partial charge is 0.396 e. The zero-order valence-corrected chi connectivity index (χ0v) is 11.0. The van der Waals surface area contributed by atoms with Gasteiger partial charge in [-0.2, -0.15) is 10.4 Å². The van der Waals surface area contributed by atoms with E-state index in [0.717, 1.165) is 11.3 Å². The second-order valence-corrected chi connectivity index (χ2v) is 4.54. The Hall–Kier alpha value is -3.13. The van der Waals surface area contributed by atoms with Crippen LogP contribution in [0.25, 0.3) is 16.9 Å². The van der Waals surface area contributed by atoms with Crippen LogP contribution in [0.1, 0.15) is 5.56 Å². The van der Waals surface area contributed by atoms with Gasteiger partial charge in [-0.25, -0.2) is 9.07 Å². The fourth-order valence-corrected chi connectivity index (χ4v) is 2.04. The minimum absolute atomic E-state index is 0.300. The lowest BCUT2D eigenvalue weighted by atomic mass is 10.1. The molecule has 0 aliphatic carbocycles. The van der Waals surface area contributed by atoms with E-state index >= 15 is 0 Å². The van der Waals surface area contributed by atoms with E-state index in [4.69, 9.17) is 11.0 Å². The third-order valence-corrected chi connectivity index (χ3v) is 3.12. The summed E-state index contributed by atoms with van der Waals surface area (Å²) in [6, 6.07) is 15.1. The van der Waals surface area contributed by atoms with Crippen LogP contribution in [0.3, 0.4) is 0 Å². The first-order valence-electron chi connectivity index (χ1n) is 6.29. The van der Waals surface area contributed by atoms with E-state index in [1.54, 1.807) is 47.3 Å². The Balaban J connectivity index is 2.01. The summed E-state index contributed by atoms with van der Waals surface area (Å²) in [7, 11) is 0. The fraction of sp³-hybridized carbons (Fsp3) is 0. The molecule has 0 fully saturated rings. The Morgan fingerprint density at radius 2 is 1.71 bits per heavy atom. The highest BCUT2D eigenvalue weighted by Crippen LogP contribution is 2.25. The molecule has 0 saturated carbocycles.